The molecule has 182 valence electrons. The number of amides is 1. The second-order valence-corrected chi connectivity index (χ2v) is 12.2. The number of likely N-dealkylation sites (tertiary alicyclic amines) is 1. The van der Waals surface area contributed by atoms with Crippen LogP contribution >= 0.6 is 0 Å². The number of hydrogen-bond acceptors (Lipinski definition) is 3. The molecule has 4 atom stereocenters. The van der Waals surface area contributed by atoms with Crippen molar-refractivity contribution in [2.24, 2.45) is 40.7 Å². The Bertz CT molecular complexity index is 607. The molecule has 5 rings (SSSR count). The van der Waals surface area contributed by atoms with Crippen molar-refractivity contribution in [2.45, 2.75) is 109 Å². The van der Waals surface area contributed by atoms with Crippen LogP contribution in [0.25, 0.3) is 0 Å². The van der Waals surface area contributed by atoms with Crippen LogP contribution in [0.1, 0.15) is 103 Å². The SMILES string of the molecule is NC(=O)C(C1CCCCC1)(C1CCCCC1)C1CCN(CCC2CCC3OCCC3C2)C1. The average molecular weight is 445 g/mol. The lowest BCUT2D eigenvalue weighted by molar-refractivity contribution is -0.144. The highest BCUT2D eigenvalue weighted by atomic mass is 16.5. The Morgan fingerprint density at radius 2 is 1.53 bits per heavy atom. The van der Waals surface area contributed by atoms with Gasteiger partial charge in [-0.2, -0.15) is 0 Å². The minimum absolute atomic E-state index is 0.0719. The molecule has 2 saturated heterocycles. The second-order valence-electron chi connectivity index (χ2n) is 12.2. The molecule has 5 aliphatic rings. The van der Waals surface area contributed by atoms with Crippen LogP contribution in [0.5, 0.6) is 0 Å². The van der Waals surface area contributed by atoms with Gasteiger partial charge in [0.05, 0.1) is 11.5 Å². The number of rotatable bonds is 7. The van der Waals surface area contributed by atoms with Crippen LogP contribution in [-0.4, -0.2) is 43.2 Å². The third-order valence-corrected chi connectivity index (χ3v) is 10.6. The Morgan fingerprint density at radius 1 is 0.844 bits per heavy atom. The Hall–Kier alpha value is -0.610. The van der Waals surface area contributed by atoms with E-state index < -0.39 is 0 Å². The maximum Gasteiger partial charge on any atom is 0.224 e. The number of fused-ring (bicyclic) bond motifs is 1. The summed E-state index contributed by atoms with van der Waals surface area (Å²) in [6.45, 7) is 4.52. The smallest absolute Gasteiger partial charge is 0.224 e. The highest BCUT2D eigenvalue weighted by Crippen LogP contribution is 2.55. The molecule has 0 aromatic rings. The molecule has 4 unspecified atom stereocenters. The predicted octanol–water partition coefficient (Wildman–Crippen LogP) is 5.54. The molecule has 2 aliphatic heterocycles. The van der Waals surface area contributed by atoms with E-state index in [-0.39, 0.29) is 11.3 Å². The van der Waals surface area contributed by atoms with E-state index in [9.17, 15) is 4.79 Å². The fourth-order valence-corrected chi connectivity index (χ4v) is 9.04. The zero-order valence-corrected chi connectivity index (χ0v) is 20.4. The molecule has 2 N–H and O–H groups in total. The van der Waals surface area contributed by atoms with Gasteiger partial charge >= 0.3 is 0 Å². The van der Waals surface area contributed by atoms with Crippen molar-refractivity contribution in [3.8, 4) is 0 Å². The molecular formula is C28H48N2O2. The maximum atomic E-state index is 13.4. The van der Waals surface area contributed by atoms with E-state index in [1.165, 1.54) is 116 Å². The minimum atomic E-state index is -0.227. The van der Waals surface area contributed by atoms with Gasteiger partial charge in [0.2, 0.25) is 5.91 Å². The topological polar surface area (TPSA) is 55.6 Å². The fraction of sp³-hybridized carbons (Fsp3) is 0.964. The van der Waals surface area contributed by atoms with Gasteiger partial charge in [0.1, 0.15) is 0 Å². The van der Waals surface area contributed by atoms with Gasteiger partial charge in [-0.1, -0.05) is 38.5 Å². The van der Waals surface area contributed by atoms with E-state index >= 15 is 0 Å². The largest absolute Gasteiger partial charge is 0.378 e. The summed E-state index contributed by atoms with van der Waals surface area (Å²) in [5.74, 6) is 3.36. The van der Waals surface area contributed by atoms with E-state index in [0.29, 0.717) is 23.9 Å². The molecule has 0 aromatic heterocycles. The lowest BCUT2D eigenvalue weighted by Gasteiger charge is -2.50. The lowest BCUT2D eigenvalue weighted by atomic mass is 9.53. The van der Waals surface area contributed by atoms with Gasteiger partial charge in [-0.05, 0) is 107 Å². The van der Waals surface area contributed by atoms with Crippen LogP contribution in [0.15, 0.2) is 0 Å². The van der Waals surface area contributed by atoms with Crippen molar-refractivity contribution in [1.29, 1.82) is 0 Å². The predicted molar refractivity (Wildman–Crippen MR) is 129 cm³/mol. The Kier molecular flexibility index (Phi) is 7.48. The summed E-state index contributed by atoms with van der Waals surface area (Å²) >= 11 is 0. The van der Waals surface area contributed by atoms with Gasteiger partial charge in [0, 0.05) is 13.2 Å². The standard InChI is InChI=1S/C28H48N2O2/c29-27(31)28(23-7-3-1-4-8-23,24-9-5-2-6-10-24)25-14-17-30(20-25)16-13-21-11-12-26-22(19-21)15-18-32-26/h21-26H,1-20H2,(H2,29,31). The number of carbonyl (C=O) groups is 1. The number of hydrogen-bond donors (Lipinski definition) is 1. The van der Waals surface area contributed by atoms with E-state index in [1.807, 2.05) is 0 Å². The molecule has 5 fully saturated rings. The van der Waals surface area contributed by atoms with Crippen LogP contribution in [0.3, 0.4) is 0 Å². The third-order valence-electron chi connectivity index (χ3n) is 10.6. The molecule has 0 aromatic carbocycles. The Morgan fingerprint density at radius 3 is 2.19 bits per heavy atom. The molecule has 0 spiro atoms. The number of nitrogens with two attached hydrogens (primary N) is 1. The van der Waals surface area contributed by atoms with Gasteiger partial charge in [-0.3, -0.25) is 4.79 Å². The first-order valence-electron chi connectivity index (χ1n) is 14.3. The zero-order valence-electron chi connectivity index (χ0n) is 20.4. The Labute approximate surface area is 196 Å². The molecular weight excluding hydrogens is 396 g/mol. The van der Waals surface area contributed by atoms with Crippen molar-refractivity contribution in [1.82, 2.24) is 4.90 Å². The van der Waals surface area contributed by atoms with E-state index in [2.05, 4.69) is 4.90 Å². The van der Waals surface area contributed by atoms with E-state index in [1.54, 1.807) is 0 Å². The monoisotopic (exact) mass is 444 g/mol. The normalized spacial score (nSPS) is 35.8. The summed E-state index contributed by atoms with van der Waals surface area (Å²) in [6.07, 6.45) is 21.3. The van der Waals surface area contributed by atoms with Crippen molar-refractivity contribution < 1.29 is 9.53 Å². The highest BCUT2D eigenvalue weighted by Gasteiger charge is 2.56. The minimum Gasteiger partial charge on any atom is -0.378 e. The average Bonchev–Trinajstić information content (AvgIpc) is 3.49. The number of carbonyl (C=O) groups excluding carboxylic acids is 1. The first-order chi connectivity index (χ1) is 15.7. The molecule has 3 saturated carbocycles. The summed E-state index contributed by atoms with van der Waals surface area (Å²) < 4.78 is 5.92. The first kappa shape index (κ1) is 23.1. The van der Waals surface area contributed by atoms with Crippen LogP contribution in [-0.2, 0) is 9.53 Å². The van der Waals surface area contributed by atoms with Gasteiger partial charge in [-0.25, -0.2) is 0 Å². The van der Waals surface area contributed by atoms with Gasteiger partial charge < -0.3 is 15.4 Å². The fourth-order valence-electron chi connectivity index (χ4n) is 9.04. The van der Waals surface area contributed by atoms with Crippen molar-refractivity contribution in [3.63, 3.8) is 0 Å². The quantitative estimate of drug-likeness (QED) is 0.561. The summed E-state index contributed by atoms with van der Waals surface area (Å²) in [5.41, 5.74) is 6.20. The van der Waals surface area contributed by atoms with Gasteiger partial charge in [-0.15, -0.1) is 0 Å². The molecule has 4 heteroatoms. The molecule has 4 nitrogen and oxygen atoms in total. The van der Waals surface area contributed by atoms with Crippen molar-refractivity contribution in [2.75, 3.05) is 26.2 Å². The molecule has 32 heavy (non-hydrogen) atoms. The zero-order chi connectivity index (χ0) is 22.0. The maximum absolute atomic E-state index is 13.4. The van der Waals surface area contributed by atoms with Crippen molar-refractivity contribution >= 4 is 5.91 Å². The molecule has 0 radical (unpaired) electrons. The van der Waals surface area contributed by atoms with Crippen LogP contribution in [0.4, 0.5) is 0 Å². The first-order valence-corrected chi connectivity index (χ1v) is 14.3. The summed E-state index contributed by atoms with van der Waals surface area (Å²) in [7, 11) is 0. The summed E-state index contributed by atoms with van der Waals surface area (Å²) in [5, 5.41) is 0. The van der Waals surface area contributed by atoms with Crippen LogP contribution in [0, 0.1) is 35.0 Å². The molecule has 2 heterocycles. The van der Waals surface area contributed by atoms with E-state index in [4.69, 9.17) is 10.5 Å². The highest BCUT2D eigenvalue weighted by molar-refractivity contribution is 5.82. The Balaban J connectivity index is 1.24. The van der Waals surface area contributed by atoms with Gasteiger partial charge in [0.15, 0.2) is 0 Å². The molecule has 0 bridgehead atoms. The van der Waals surface area contributed by atoms with Gasteiger partial charge in [0.25, 0.3) is 0 Å². The van der Waals surface area contributed by atoms with Crippen LogP contribution in [0.2, 0.25) is 0 Å². The molecule has 1 amide bonds. The summed E-state index contributed by atoms with van der Waals surface area (Å²) in [6, 6.07) is 0. The van der Waals surface area contributed by atoms with Crippen molar-refractivity contribution in [3.05, 3.63) is 0 Å². The summed E-state index contributed by atoms with van der Waals surface area (Å²) in [4.78, 5) is 16.1. The number of primary amides is 1. The van der Waals surface area contributed by atoms with E-state index in [0.717, 1.165) is 25.0 Å². The molecule has 3 aliphatic carbocycles. The number of ether oxygens (including phenoxy) is 1. The third kappa shape index (κ3) is 4.52. The number of nitrogens with zero attached hydrogens (tertiary/aromatic N) is 1. The lowest BCUT2D eigenvalue weighted by Crippen LogP contribution is -2.55. The van der Waals surface area contributed by atoms with Crippen LogP contribution < -0.4 is 5.73 Å². The second kappa shape index (κ2) is 10.3.